The molecule has 2 amide bonds. The summed E-state index contributed by atoms with van der Waals surface area (Å²) in [5.74, 6) is 0. The van der Waals surface area contributed by atoms with Crippen molar-refractivity contribution >= 4 is 17.4 Å². The number of anilines is 2. The van der Waals surface area contributed by atoms with E-state index in [0.29, 0.717) is 0 Å². The van der Waals surface area contributed by atoms with Gasteiger partial charge in [-0.05, 0) is 124 Å². The Hall–Kier alpha value is -5.41. The van der Waals surface area contributed by atoms with Crippen LogP contribution in [-0.2, 0) is 0 Å². The molecule has 0 unspecified atom stereocenters. The lowest BCUT2D eigenvalue weighted by atomic mass is 9.98. The molecule has 6 aromatic rings. The van der Waals surface area contributed by atoms with Crippen molar-refractivity contribution < 1.29 is 4.79 Å². The van der Waals surface area contributed by atoms with Crippen LogP contribution in [0, 0.1) is 55.4 Å². The van der Waals surface area contributed by atoms with Gasteiger partial charge in [0.25, 0.3) is 0 Å². The summed E-state index contributed by atoms with van der Waals surface area (Å²) in [7, 11) is 3.58. The van der Waals surface area contributed by atoms with Crippen molar-refractivity contribution in [3.63, 3.8) is 0 Å². The lowest BCUT2D eigenvalue weighted by Crippen LogP contribution is -2.38. The molecule has 54 heavy (non-hydrogen) atoms. The summed E-state index contributed by atoms with van der Waals surface area (Å²) in [6, 6.07) is 46.4. The standard InChI is InChI=1S/C17H20N2O.C16H18.C14H14.2C2H6/c1-13-5-9-15(10-6-13)18(3)17(20)19(4)16-11-7-14(2)8-12-16;1-11-5-7-15(9-13(11)3)16-8-6-12(2)14(4)10-16;1-11-3-7-13(8-4-11)14-9-5-12(2)6-10-14;2*1-2/h5-12H,1-4H3;5-10H,1-4H3;3-10H,1-2H3;2*1-2H3. The smallest absolute Gasteiger partial charge is 0.297 e. The van der Waals surface area contributed by atoms with Crippen molar-refractivity contribution in [1.29, 1.82) is 0 Å². The first kappa shape index (κ1) is 44.7. The number of hydrogen-bond donors (Lipinski definition) is 0. The van der Waals surface area contributed by atoms with Crippen molar-refractivity contribution in [1.82, 2.24) is 0 Å². The van der Waals surface area contributed by atoms with E-state index in [1.807, 2.05) is 90.1 Å². The number of nitrogens with zero attached hydrogens (tertiary/aromatic N) is 2. The highest BCUT2D eigenvalue weighted by Crippen LogP contribution is 2.25. The number of aryl methyl sites for hydroxylation is 8. The van der Waals surface area contributed by atoms with Gasteiger partial charge in [-0.25, -0.2) is 4.79 Å². The van der Waals surface area contributed by atoms with Gasteiger partial charge in [-0.3, -0.25) is 9.80 Å². The maximum atomic E-state index is 12.5. The molecular formula is C51H64N2O. The molecular weight excluding hydrogens is 657 g/mol. The molecule has 6 aromatic carbocycles. The largest absolute Gasteiger partial charge is 0.328 e. The Bertz CT molecular complexity index is 1840. The summed E-state index contributed by atoms with van der Waals surface area (Å²) in [6.07, 6.45) is 0. The summed E-state index contributed by atoms with van der Waals surface area (Å²) in [6.45, 7) is 24.9. The van der Waals surface area contributed by atoms with E-state index in [1.165, 1.54) is 66.8 Å². The van der Waals surface area contributed by atoms with Crippen molar-refractivity contribution in [2.45, 2.75) is 83.1 Å². The van der Waals surface area contributed by atoms with E-state index >= 15 is 0 Å². The van der Waals surface area contributed by atoms with Crippen LogP contribution < -0.4 is 9.80 Å². The summed E-state index contributed by atoms with van der Waals surface area (Å²) >= 11 is 0. The SMILES string of the molecule is CC.CC.Cc1ccc(-c2ccc(C)c(C)c2)cc1C.Cc1ccc(-c2ccc(C)cc2)cc1.Cc1ccc(N(C)C(=O)N(C)c2ccc(C)cc2)cc1. The summed E-state index contributed by atoms with van der Waals surface area (Å²) in [5, 5.41) is 0. The summed E-state index contributed by atoms with van der Waals surface area (Å²) < 4.78 is 0. The van der Waals surface area contributed by atoms with Gasteiger partial charge in [-0.2, -0.15) is 0 Å². The minimum atomic E-state index is -0.0577. The second-order valence-corrected chi connectivity index (χ2v) is 13.4. The highest BCUT2D eigenvalue weighted by atomic mass is 16.2. The molecule has 0 saturated heterocycles. The molecule has 0 aromatic heterocycles. The van der Waals surface area contributed by atoms with Gasteiger partial charge >= 0.3 is 6.03 Å². The first-order valence-electron chi connectivity index (χ1n) is 19.3. The fourth-order valence-corrected chi connectivity index (χ4v) is 5.32. The zero-order valence-electron chi connectivity index (χ0n) is 35.5. The van der Waals surface area contributed by atoms with E-state index < -0.39 is 0 Å². The molecule has 0 aliphatic carbocycles. The molecule has 3 nitrogen and oxygen atoms in total. The van der Waals surface area contributed by atoms with Crippen LogP contribution in [0.1, 0.15) is 72.2 Å². The minimum absolute atomic E-state index is 0.0577. The van der Waals surface area contributed by atoms with Gasteiger partial charge in [0, 0.05) is 25.5 Å². The van der Waals surface area contributed by atoms with E-state index in [-0.39, 0.29) is 6.03 Å². The van der Waals surface area contributed by atoms with E-state index in [0.717, 1.165) is 11.4 Å². The molecule has 0 radical (unpaired) electrons. The molecule has 0 aliphatic rings. The Morgan fingerprint density at radius 3 is 0.833 bits per heavy atom. The number of rotatable bonds is 4. The molecule has 0 aliphatic heterocycles. The number of carbonyl (C=O) groups is 1. The van der Waals surface area contributed by atoms with Gasteiger partial charge in [0.15, 0.2) is 0 Å². The average Bonchev–Trinajstić information content (AvgIpc) is 3.19. The molecule has 3 heteroatoms. The lowest BCUT2D eigenvalue weighted by molar-refractivity contribution is 0.253. The second kappa shape index (κ2) is 22.6. The van der Waals surface area contributed by atoms with E-state index in [4.69, 9.17) is 0 Å². The quantitative estimate of drug-likeness (QED) is 0.178. The first-order chi connectivity index (χ1) is 25.8. The van der Waals surface area contributed by atoms with Crippen molar-refractivity contribution in [2.24, 2.45) is 0 Å². The lowest BCUT2D eigenvalue weighted by Gasteiger charge is -2.25. The van der Waals surface area contributed by atoms with Crippen LogP contribution in [0.15, 0.2) is 133 Å². The van der Waals surface area contributed by atoms with Crippen LogP contribution in [0.2, 0.25) is 0 Å². The Kier molecular flexibility index (Phi) is 18.7. The molecule has 0 bridgehead atoms. The zero-order chi connectivity index (χ0) is 40.4. The number of hydrogen-bond acceptors (Lipinski definition) is 1. The number of urea groups is 1. The van der Waals surface area contributed by atoms with Crippen molar-refractivity contribution in [2.75, 3.05) is 23.9 Å². The first-order valence-corrected chi connectivity index (χ1v) is 19.3. The maximum Gasteiger partial charge on any atom is 0.328 e. The molecule has 6 rings (SSSR count). The predicted octanol–water partition coefficient (Wildman–Crippen LogP) is 14.6. The van der Waals surface area contributed by atoms with Crippen LogP contribution in [0.25, 0.3) is 22.3 Å². The van der Waals surface area contributed by atoms with Crippen LogP contribution in [0.3, 0.4) is 0 Å². The number of benzene rings is 6. The van der Waals surface area contributed by atoms with Crippen LogP contribution in [0.4, 0.5) is 16.2 Å². The topological polar surface area (TPSA) is 23.6 Å². The van der Waals surface area contributed by atoms with Gasteiger partial charge in [0.2, 0.25) is 0 Å². The molecule has 0 spiro atoms. The van der Waals surface area contributed by atoms with E-state index in [2.05, 4.69) is 126 Å². The summed E-state index contributed by atoms with van der Waals surface area (Å²) in [4.78, 5) is 15.8. The summed E-state index contributed by atoms with van der Waals surface area (Å²) in [5.41, 5.74) is 17.4. The van der Waals surface area contributed by atoms with E-state index in [1.54, 1.807) is 23.9 Å². The number of amides is 2. The molecule has 0 saturated carbocycles. The van der Waals surface area contributed by atoms with Gasteiger partial charge in [0.1, 0.15) is 0 Å². The maximum absolute atomic E-state index is 12.5. The van der Waals surface area contributed by atoms with E-state index in [9.17, 15) is 4.79 Å². The number of carbonyl (C=O) groups excluding carboxylic acids is 1. The monoisotopic (exact) mass is 721 g/mol. The molecule has 0 atom stereocenters. The fraction of sp³-hybridized carbons (Fsp3) is 0.275. The molecule has 0 N–H and O–H groups in total. The fourth-order valence-electron chi connectivity index (χ4n) is 5.32. The average molecular weight is 721 g/mol. The van der Waals surface area contributed by atoms with Gasteiger partial charge in [-0.15, -0.1) is 0 Å². The predicted molar refractivity (Wildman–Crippen MR) is 239 cm³/mol. The highest BCUT2D eigenvalue weighted by molar-refractivity contribution is 6.02. The van der Waals surface area contributed by atoms with Gasteiger partial charge in [-0.1, -0.05) is 159 Å². The molecule has 0 heterocycles. The van der Waals surface area contributed by atoms with Crippen molar-refractivity contribution in [3.8, 4) is 22.3 Å². The zero-order valence-corrected chi connectivity index (χ0v) is 35.5. The van der Waals surface area contributed by atoms with Crippen LogP contribution in [-0.4, -0.2) is 20.1 Å². The Morgan fingerprint density at radius 2 is 0.574 bits per heavy atom. The highest BCUT2D eigenvalue weighted by Gasteiger charge is 2.17. The normalized spacial score (nSPS) is 9.74. The van der Waals surface area contributed by atoms with Crippen molar-refractivity contribution in [3.05, 3.63) is 178 Å². The minimum Gasteiger partial charge on any atom is -0.297 e. The second-order valence-electron chi connectivity index (χ2n) is 13.4. The third-order valence-electron chi connectivity index (χ3n) is 9.20. The van der Waals surface area contributed by atoms with Crippen LogP contribution >= 0.6 is 0 Å². The van der Waals surface area contributed by atoms with Gasteiger partial charge < -0.3 is 0 Å². The van der Waals surface area contributed by atoms with Crippen LogP contribution in [0.5, 0.6) is 0 Å². The third kappa shape index (κ3) is 13.5. The molecule has 284 valence electrons. The third-order valence-corrected chi connectivity index (χ3v) is 9.20. The Balaban J connectivity index is 0.000000271. The Labute approximate surface area is 328 Å². The van der Waals surface area contributed by atoms with Gasteiger partial charge in [0.05, 0.1) is 0 Å². The Morgan fingerprint density at radius 1 is 0.333 bits per heavy atom. The molecule has 0 fully saturated rings.